The third-order valence-electron chi connectivity index (χ3n) is 6.69. The second kappa shape index (κ2) is 11.5. The van der Waals surface area contributed by atoms with E-state index in [4.69, 9.17) is 14.2 Å². The van der Waals surface area contributed by atoms with Gasteiger partial charge in [0.05, 0.1) is 45.0 Å². The van der Waals surface area contributed by atoms with Crippen molar-refractivity contribution in [1.82, 2.24) is 9.91 Å². The molecule has 4 rings (SSSR count). The van der Waals surface area contributed by atoms with Crippen LogP contribution < -0.4 is 9.47 Å². The standard InChI is InChI=1S/C27H32FN3O5/c1-4-36-27(33)18-10-12-30(13-11-18)17-26(32)31-24(22-9-8-21(34-2)15-25(22)35-3)16-23(29-31)19-6-5-7-20(28)14-19/h5-9,14-15,18,24H,4,10-13,16-17H2,1-3H3/t24-/m0/s1. The van der Waals surface area contributed by atoms with E-state index in [0.717, 1.165) is 5.56 Å². The molecule has 0 saturated carbocycles. The van der Waals surface area contributed by atoms with Gasteiger partial charge in [0.15, 0.2) is 0 Å². The Labute approximate surface area is 210 Å². The number of carbonyl (C=O) groups is 2. The molecule has 0 aliphatic carbocycles. The molecule has 2 aliphatic heterocycles. The number of benzene rings is 2. The van der Waals surface area contributed by atoms with Gasteiger partial charge in [-0.1, -0.05) is 12.1 Å². The molecule has 192 valence electrons. The quantitative estimate of drug-likeness (QED) is 0.516. The first-order valence-electron chi connectivity index (χ1n) is 12.2. The van der Waals surface area contributed by atoms with Crippen molar-refractivity contribution in [2.75, 3.05) is 40.5 Å². The number of likely N-dealkylation sites (tertiary alicyclic amines) is 1. The second-order valence-electron chi connectivity index (χ2n) is 8.93. The monoisotopic (exact) mass is 497 g/mol. The van der Waals surface area contributed by atoms with Crippen molar-refractivity contribution in [2.45, 2.75) is 32.2 Å². The van der Waals surface area contributed by atoms with Crippen LogP contribution >= 0.6 is 0 Å². The maximum Gasteiger partial charge on any atom is 0.309 e. The number of hydrogen-bond acceptors (Lipinski definition) is 7. The number of nitrogens with zero attached hydrogens (tertiary/aromatic N) is 3. The van der Waals surface area contributed by atoms with E-state index < -0.39 is 6.04 Å². The summed E-state index contributed by atoms with van der Waals surface area (Å²) in [7, 11) is 3.15. The van der Waals surface area contributed by atoms with Gasteiger partial charge < -0.3 is 14.2 Å². The number of hydrazone groups is 1. The van der Waals surface area contributed by atoms with Crippen LogP contribution in [0.25, 0.3) is 0 Å². The Morgan fingerprint density at radius 3 is 2.53 bits per heavy atom. The van der Waals surface area contributed by atoms with Gasteiger partial charge in [-0.05, 0) is 57.1 Å². The number of esters is 1. The first-order valence-corrected chi connectivity index (χ1v) is 12.2. The number of hydrogen-bond donors (Lipinski definition) is 0. The number of methoxy groups -OCH3 is 2. The number of amides is 1. The van der Waals surface area contributed by atoms with E-state index in [9.17, 15) is 14.0 Å². The van der Waals surface area contributed by atoms with Crippen molar-refractivity contribution >= 4 is 17.6 Å². The fourth-order valence-electron chi connectivity index (χ4n) is 4.77. The summed E-state index contributed by atoms with van der Waals surface area (Å²) in [4.78, 5) is 27.6. The van der Waals surface area contributed by atoms with Crippen LogP contribution in [0.2, 0.25) is 0 Å². The summed E-state index contributed by atoms with van der Waals surface area (Å²) >= 11 is 0. The molecule has 0 radical (unpaired) electrons. The molecular weight excluding hydrogens is 465 g/mol. The molecule has 0 N–H and O–H groups in total. The first-order chi connectivity index (χ1) is 17.4. The van der Waals surface area contributed by atoms with Crippen LogP contribution in [0, 0.1) is 11.7 Å². The normalized spacial score (nSPS) is 18.6. The van der Waals surface area contributed by atoms with Crippen LogP contribution in [0.4, 0.5) is 4.39 Å². The molecule has 0 bridgehead atoms. The fraction of sp³-hybridized carbons (Fsp3) is 0.444. The summed E-state index contributed by atoms with van der Waals surface area (Å²) in [6.45, 7) is 3.59. The molecule has 2 heterocycles. The Morgan fingerprint density at radius 2 is 1.86 bits per heavy atom. The lowest BCUT2D eigenvalue weighted by atomic mass is 9.96. The average molecular weight is 498 g/mol. The summed E-state index contributed by atoms with van der Waals surface area (Å²) in [5.74, 6) is 0.406. The number of halogens is 1. The minimum atomic E-state index is -0.409. The minimum Gasteiger partial charge on any atom is -0.497 e. The van der Waals surface area contributed by atoms with E-state index in [0.29, 0.717) is 61.7 Å². The number of ether oxygens (including phenoxy) is 3. The third kappa shape index (κ3) is 5.67. The molecule has 36 heavy (non-hydrogen) atoms. The highest BCUT2D eigenvalue weighted by atomic mass is 19.1. The number of piperidine rings is 1. The largest absolute Gasteiger partial charge is 0.497 e. The molecule has 0 unspecified atom stereocenters. The lowest BCUT2D eigenvalue weighted by molar-refractivity contribution is -0.149. The highest BCUT2D eigenvalue weighted by Gasteiger charge is 2.36. The lowest BCUT2D eigenvalue weighted by Gasteiger charge is -2.32. The van der Waals surface area contributed by atoms with E-state index in [2.05, 4.69) is 5.10 Å². The lowest BCUT2D eigenvalue weighted by Crippen LogP contribution is -2.43. The van der Waals surface area contributed by atoms with Gasteiger partial charge in [0.2, 0.25) is 0 Å². The van der Waals surface area contributed by atoms with Gasteiger partial charge in [0.25, 0.3) is 5.91 Å². The number of carbonyl (C=O) groups excluding carboxylic acids is 2. The van der Waals surface area contributed by atoms with E-state index in [1.165, 1.54) is 17.1 Å². The third-order valence-corrected chi connectivity index (χ3v) is 6.69. The van der Waals surface area contributed by atoms with E-state index in [1.54, 1.807) is 39.3 Å². The van der Waals surface area contributed by atoms with Crippen LogP contribution in [0.1, 0.15) is 43.4 Å². The van der Waals surface area contributed by atoms with Crippen molar-refractivity contribution < 1.29 is 28.2 Å². The molecule has 0 spiro atoms. The summed E-state index contributed by atoms with van der Waals surface area (Å²) in [6.07, 6.45) is 1.72. The van der Waals surface area contributed by atoms with E-state index in [-0.39, 0.29) is 30.2 Å². The van der Waals surface area contributed by atoms with Gasteiger partial charge in [-0.2, -0.15) is 5.10 Å². The SMILES string of the molecule is CCOC(=O)C1CCN(CC(=O)N2N=C(c3cccc(F)c3)C[C@H]2c2ccc(OC)cc2OC)CC1. The van der Waals surface area contributed by atoms with E-state index in [1.807, 2.05) is 17.0 Å². The zero-order valence-electron chi connectivity index (χ0n) is 20.9. The molecule has 1 fully saturated rings. The maximum absolute atomic E-state index is 13.9. The molecule has 2 aromatic carbocycles. The summed E-state index contributed by atoms with van der Waals surface area (Å²) < 4.78 is 30.0. The minimum absolute atomic E-state index is 0.128. The van der Waals surface area contributed by atoms with Crippen LogP contribution in [-0.2, 0) is 14.3 Å². The topological polar surface area (TPSA) is 80.7 Å². The van der Waals surface area contributed by atoms with Crippen molar-refractivity contribution in [3.8, 4) is 11.5 Å². The number of rotatable bonds is 8. The van der Waals surface area contributed by atoms with Gasteiger partial charge in [0.1, 0.15) is 17.3 Å². The fourth-order valence-corrected chi connectivity index (χ4v) is 4.77. The van der Waals surface area contributed by atoms with Crippen molar-refractivity contribution in [3.05, 3.63) is 59.4 Å². The molecule has 0 aromatic heterocycles. The molecule has 1 atom stereocenters. The van der Waals surface area contributed by atoms with Crippen molar-refractivity contribution in [3.63, 3.8) is 0 Å². The average Bonchev–Trinajstić information content (AvgIpc) is 3.34. The highest BCUT2D eigenvalue weighted by molar-refractivity contribution is 6.03. The van der Waals surface area contributed by atoms with Crippen molar-refractivity contribution in [2.24, 2.45) is 11.0 Å². The molecule has 1 amide bonds. The summed E-state index contributed by atoms with van der Waals surface area (Å²) in [6, 6.07) is 11.3. The maximum atomic E-state index is 13.9. The highest BCUT2D eigenvalue weighted by Crippen LogP contribution is 2.39. The molecule has 2 aliphatic rings. The van der Waals surface area contributed by atoms with E-state index >= 15 is 0 Å². The molecular formula is C27H32FN3O5. The van der Waals surface area contributed by atoms with Crippen molar-refractivity contribution in [1.29, 1.82) is 0 Å². The Hall–Kier alpha value is -3.46. The molecule has 1 saturated heterocycles. The van der Waals surface area contributed by atoms with Crippen LogP contribution in [-0.4, -0.2) is 68.0 Å². The second-order valence-corrected chi connectivity index (χ2v) is 8.93. The Bertz CT molecular complexity index is 1130. The zero-order valence-corrected chi connectivity index (χ0v) is 20.9. The van der Waals surface area contributed by atoms with Gasteiger partial charge in [-0.15, -0.1) is 0 Å². The summed E-state index contributed by atoms with van der Waals surface area (Å²) in [5, 5.41) is 6.14. The van der Waals surface area contributed by atoms with Crippen LogP contribution in [0.15, 0.2) is 47.6 Å². The molecule has 2 aromatic rings. The smallest absolute Gasteiger partial charge is 0.309 e. The Kier molecular flexibility index (Phi) is 8.20. The Morgan fingerprint density at radius 1 is 1.08 bits per heavy atom. The Balaban J connectivity index is 1.55. The van der Waals surface area contributed by atoms with Gasteiger partial charge in [-0.3, -0.25) is 14.5 Å². The van der Waals surface area contributed by atoms with Gasteiger partial charge in [0, 0.05) is 23.6 Å². The summed E-state index contributed by atoms with van der Waals surface area (Å²) in [5.41, 5.74) is 2.06. The first kappa shape index (κ1) is 25.6. The molecule has 8 nitrogen and oxygen atoms in total. The molecule has 9 heteroatoms. The predicted molar refractivity (Wildman–Crippen MR) is 132 cm³/mol. The zero-order chi connectivity index (χ0) is 25.7. The predicted octanol–water partition coefficient (Wildman–Crippen LogP) is 3.80. The van der Waals surface area contributed by atoms with Gasteiger partial charge in [-0.25, -0.2) is 9.40 Å². The van der Waals surface area contributed by atoms with Gasteiger partial charge >= 0.3 is 5.97 Å². The van der Waals surface area contributed by atoms with Crippen LogP contribution in [0.5, 0.6) is 11.5 Å². The van der Waals surface area contributed by atoms with Crippen LogP contribution in [0.3, 0.4) is 0 Å².